The molecule has 1 radical (unpaired) electrons. The summed E-state index contributed by atoms with van der Waals surface area (Å²) in [5.41, 5.74) is 0. The van der Waals surface area contributed by atoms with E-state index in [1.807, 2.05) is 0 Å². The predicted octanol–water partition coefficient (Wildman–Crippen LogP) is 0.00470. The molecule has 1 rings (SSSR count). The van der Waals surface area contributed by atoms with Gasteiger partial charge in [-0.25, -0.2) is 0 Å². The van der Waals surface area contributed by atoms with Crippen LogP contribution in [0.15, 0.2) is 0 Å². The second-order valence-corrected chi connectivity index (χ2v) is 1.24. The minimum atomic E-state index is 1.26. The Bertz CT molecular complexity index is 42.9. The second-order valence-electron chi connectivity index (χ2n) is 1.24. The first-order valence-electron chi connectivity index (χ1n) is 1.98. The topological polar surface area (TPSA) is 0 Å². The van der Waals surface area contributed by atoms with E-state index in [2.05, 4.69) is 20.1 Å². The van der Waals surface area contributed by atoms with Gasteiger partial charge in [0.1, 0.15) is 0 Å². The molecule has 0 aromatic carbocycles. The first-order valence-corrected chi connectivity index (χ1v) is 1.98. The van der Waals surface area contributed by atoms with Crippen LogP contribution in [-0.4, -0.2) is 20.1 Å². The minimum absolute atomic E-state index is 1.26. The summed E-state index contributed by atoms with van der Waals surface area (Å²) in [4.78, 5) is 0. The third kappa shape index (κ3) is 0.640. The number of hydrogen-bond donors (Lipinski definition) is 0. The van der Waals surface area contributed by atoms with Crippen LogP contribution in [0.5, 0.6) is 0 Å². The Morgan fingerprint density at radius 3 is 2.60 bits per heavy atom. The van der Waals surface area contributed by atoms with Gasteiger partial charge in [-0.3, -0.25) is 0 Å². The fourth-order valence-corrected chi connectivity index (χ4v) is 0.481. The van der Waals surface area contributed by atoms with E-state index in [9.17, 15) is 0 Å². The molecule has 0 amide bonds. The van der Waals surface area contributed by atoms with Crippen LogP contribution in [0.4, 0.5) is 0 Å². The molecule has 0 nitrogen and oxygen atoms in total. The van der Waals surface area contributed by atoms with Gasteiger partial charge in [-0.05, 0) is 0 Å². The van der Waals surface area contributed by atoms with Gasteiger partial charge in [0.2, 0.25) is 0 Å². The molecular weight excluding hydrogens is 57.7 g/mol. The zero-order valence-electron chi connectivity index (χ0n) is 3.15. The molecule has 0 bridgehead atoms. The van der Waals surface area contributed by atoms with Gasteiger partial charge in [0.05, 0.1) is 0 Å². The van der Waals surface area contributed by atoms with Gasteiger partial charge in [-0.2, -0.15) is 0 Å². The number of rotatable bonds is 0. The molecule has 0 saturated heterocycles. The van der Waals surface area contributed by atoms with Crippen LogP contribution in [0.25, 0.3) is 0 Å². The Hall–Kier alpha value is -0.000130. The molecule has 0 unspecified atom stereocenters. The van der Waals surface area contributed by atoms with Crippen LogP contribution >= 0.6 is 0 Å². The summed E-state index contributed by atoms with van der Waals surface area (Å²) in [6.07, 6.45) is 2.53. The Kier molecular flexibility index (Phi) is 0.922. The zero-order valence-corrected chi connectivity index (χ0v) is 3.15. The molecule has 0 saturated carbocycles. The van der Waals surface area contributed by atoms with Crippen molar-refractivity contribution in [1.29, 1.82) is 0 Å². The summed E-state index contributed by atoms with van der Waals surface area (Å²) in [5, 5.41) is 0. The van der Waals surface area contributed by atoms with Crippen molar-refractivity contribution in [3.8, 4) is 0 Å². The molecule has 5 heavy (non-hydrogen) atoms. The van der Waals surface area contributed by atoms with Crippen LogP contribution < -0.4 is 0 Å². The molecule has 0 atom stereocenters. The molecular formula is C3H5B2. The molecule has 2 heteroatoms. The number of hydrogen-bond acceptors (Lipinski definition) is 0. The van der Waals surface area contributed by atoms with Crippen LogP contribution in [0, 0.1) is 0 Å². The zero-order chi connectivity index (χ0) is 3.54. The van der Waals surface area contributed by atoms with Gasteiger partial charge < -0.3 is 0 Å². The van der Waals surface area contributed by atoms with E-state index in [0.29, 0.717) is 0 Å². The molecule has 1 aliphatic rings. The van der Waals surface area contributed by atoms with E-state index in [1.54, 1.807) is 0 Å². The van der Waals surface area contributed by atoms with Gasteiger partial charge in [0.25, 0.3) is 0 Å². The Balaban J connectivity index is 2.32. The van der Waals surface area contributed by atoms with Crippen molar-refractivity contribution < 1.29 is 0 Å². The average Bonchev–Trinajstić information content (AvgIpc) is 1.76. The normalized spacial score (nSPS) is 17.6. The van der Waals surface area contributed by atoms with Crippen molar-refractivity contribution in [3.63, 3.8) is 0 Å². The molecule has 0 aromatic heterocycles. The molecule has 0 spiro atoms. The summed E-state index contributed by atoms with van der Waals surface area (Å²) in [6.45, 7) is 2.18. The van der Waals surface area contributed by atoms with Gasteiger partial charge in [0.15, 0.2) is 0 Å². The molecule has 1 heterocycles. The van der Waals surface area contributed by atoms with Crippen LogP contribution in [0.2, 0.25) is 12.6 Å². The summed E-state index contributed by atoms with van der Waals surface area (Å²) in [5.74, 6) is 2.11. The van der Waals surface area contributed by atoms with Gasteiger partial charge in [0, 0.05) is 0 Å². The summed E-state index contributed by atoms with van der Waals surface area (Å²) in [6, 6.07) is 0. The van der Waals surface area contributed by atoms with E-state index in [4.69, 9.17) is 0 Å². The maximum atomic E-state index is 2.18. The fourth-order valence-electron chi connectivity index (χ4n) is 0.481. The van der Waals surface area contributed by atoms with Crippen molar-refractivity contribution in [2.45, 2.75) is 12.6 Å². The first-order chi connectivity index (χ1) is 2.50. The van der Waals surface area contributed by atoms with Gasteiger partial charge in [-0.15, -0.1) is 0 Å². The Labute approximate surface area is 33.7 Å². The first kappa shape index (κ1) is 3.20. The van der Waals surface area contributed by atoms with Gasteiger partial charge >= 0.3 is 32.7 Å². The van der Waals surface area contributed by atoms with Crippen molar-refractivity contribution in [1.82, 2.24) is 0 Å². The molecule has 23 valence electrons. The molecule has 0 aromatic rings. The second kappa shape index (κ2) is 1.44. The van der Waals surface area contributed by atoms with Crippen molar-refractivity contribution in [2.75, 3.05) is 0 Å². The van der Waals surface area contributed by atoms with E-state index >= 15 is 0 Å². The fraction of sp³-hybridized carbons (Fsp3) is 0.667. The average molecular weight is 62.7 g/mol. The standard InChI is InChI=1S/C3H5B2/c1-2-5-3-4-1/h3H,1-2H2. The van der Waals surface area contributed by atoms with Crippen LogP contribution in [0.3, 0.4) is 0 Å². The molecule has 0 fully saturated rings. The summed E-state index contributed by atoms with van der Waals surface area (Å²) in [7, 11) is 2.18. The Morgan fingerprint density at radius 2 is 2.40 bits per heavy atom. The quantitative estimate of drug-likeness (QED) is 0.347. The van der Waals surface area contributed by atoms with Gasteiger partial charge in [-0.1, -0.05) is 0 Å². The summed E-state index contributed by atoms with van der Waals surface area (Å²) >= 11 is 0. The molecule has 1 aliphatic heterocycles. The Morgan fingerprint density at radius 1 is 1.40 bits per heavy atom. The molecule has 0 aliphatic carbocycles. The van der Waals surface area contributed by atoms with E-state index < -0.39 is 0 Å². The van der Waals surface area contributed by atoms with Crippen LogP contribution in [-0.2, 0) is 0 Å². The van der Waals surface area contributed by atoms with Crippen LogP contribution in [0.1, 0.15) is 0 Å². The van der Waals surface area contributed by atoms with E-state index in [-0.39, 0.29) is 0 Å². The molecule has 0 N–H and O–H groups in total. The maximum absolute atomic E-state index is 2.18. The van der Waals surface area contributed by atoms with E-state index in [0.717, 1.165) is 0 Å². The van der Waals surface area contributed by atoms with Crippen molar-refractivity contribution in [2.24, 2.45) is 0 Å². The SMILES string of the molecule is [B]1C=BCC1. The summed E-state index contributed by atoms with van der Waals surface area (Å²) < 4.78 is 0. The third-order valence-corrected chi connectivity index (χ3v) is 0.772. The monoisotopic (exact) mass is 63.1 g/mol. The predicted molar refractivity (Wildman–Crippen MR) is 27.2 cm³/mol. The van der Waals surface area contributed by atoms with Crippen molar-refractivity contribution >= 4 is 20.1 Å². The van der Waals surface area contributed by atoms with Crippen molar-refractivity contribution in [3.05, 3.63) is 0 Å². The van der Waals surface area contributed by atoms with E-state index in [1.165, 1.54) is 12.6 Å². The third-order valence-electron chi connectivity index (χ3n) is 0.772.